The number of rotatable bonds is 4. The van der Waals surface area contributed by atoms with E-state index in [1.165, 1.54) is 0 Å². The number of amides is 2. The van der Waals surface area contributed by atoms with Crippen molar-refractivity contribution in [2.75, 3.05) is 10.2 Å². The number of carbonyl (C=O) groups is 2. The van der Waals surface area contributed by atoms with E-state index in [1.54, 1.807) is 11.0 Å². The van der Waals surface area contributed by atoms with Gasteiger partial charge in [0.2, 0.25) is 5.91 Å². The lowest BCUT2D eigenvalue weighted by Crippen LogP contribution is -2.67. The summed E-state index contributed by atoms with van der Waals surface area (Å²) >= 11 is 6.50. The van der Waals surface area contributed by atoms with Crippen LogP contribution in [-0.4, -0.2) is 11.8 Å². The van der Waals surface area contributed by atoms with Crippen LogP contribution < -0.4 is 10.2 Å². The van der Waals surface area contributed by atoms with Crippen molar-refractivity contribution in [3.8, 4) is 0 Å². The van der Waals surface area contributed by atoms with E-state index in [0.29, 0.717) is 22.0 Å². The molecule has 4 rings (SSSR count). The number of nitrogens with one attached hydrogen (secondary N) is 1. The van der Waals surface area contributed by atoms with Crippen LogP contribution in [0.15, 0.2) is 72.8 Å². The first-order chi connectivity index (χ1) is 13.9. The van der Waals surface area contributed by atoms with Gasteiger partial charge in [-0.05, 0) is 44.2 Å². The molecule has 0 bridgehead atoms. The second-order valence-electron chi connectivity index (χ2n) is 7.40. The lowest BCUT2D eigenvalue weighted by Gasteiger charge is -2.51. The Kier molecular flexibility index (Phi) is 4.89. The Morgan fingerprint density at radius 2 is 1.52 bits per heavy atom. The van der Waals surface area contributed by atoms with Gasteiger partial charge >= 0.3 is 0 Å². The molecule has 0 spiro atoms. The third-order valence-corrected chi connectivity index (χ3v) is 5.66. The SMILES string of the molecule is Cc1ccc(NC(=O)C2(c3ccccc3Cl)CC(=O)N2c2ccc(C)cc2)cc1. The summed E-state index contributed by atoms with van der Waals surface area (Å²) in [5.74, 6) is -0.401. The van der Waals surface area contributed by atoms with Gasteiger partial charge in [0.1, 0.15) is 0 Å². The van der Waals surface area contributed by atoms with Crippen LogP contribution in [-0.2, 0) is 15.1 Å². The van der Waals surface area contributed by atoms with Gasteiger partial charge in [-0.3, -0.25) is 14.5 Å². The van der Waals surface area contributed by atoms with Crippen LogP contribution in [0.2, 0.25) is 5.02 Å². The van der Waals surface area contributed by atoms with Gasteiger partial charge in [0.05, 0.1) is 6.42 Å². The first-order valence-electron chi connectivity index (χ1n) is 9.45. The average Bonchev–Trinajstić information content (AvgIpc) is 2.70. The quantitative estimate of drug-likeness (QED) is 0.605. The first kappa shape index (κ1) is 19.2. The minimum absolute atomic E-state index is 0.0578. The highest BCUT2D eigenvalue weighted by Gasteiger charge is 2.59. The molecule has 1 heterocycles. The summed E-state index contributed by atoms with van der Waals surface area (Å²) in [4.78, 5) is 27.9. The molecule has 1 aliphatic rings. The van der Waals surface area contributed by atoms with E-state index in [2.05, 4.69) is 5.32 Å². The van der Waals surface area contributed by atoms with E-state index in [0.717, 1.165) is 11.1 Å². The van der Waals surface area contributed by atoms with E-state index in [1.807, 2.05) is 80.6 Å². The molecule has 1 saturated heterocycles. The van der Waals surface area contributed by atoms with Gasteiger partial charge in [-0.2, -0.15) is 0 Å². The second-order valence-corrected chi connectivity index (χ2v) is 7.81. The summed E-state index contributed by atoms with van der Waals surface area (Å²) in [6.07, 6.45) is 0.0578. The van der Waals surface area contributed by atoms with E-state index >= 15 is 0 Å². The van der Waals surface area contributed by atoms with Crippen LogP contribution in [0.25, 0.3) is 0 Å². The van der Waals surface area contributed by atoms with Crippen molar-refractivity contribution < 1.29 is 9.59 Å². The maximum absolute atomic E-state index is 13.6. The fourth-order valence-electron chi connectivity index (χ4n) is 3.74. The fraction of sp³-hybridized carbons (Fsp3) is 0.167. The van der Waals surface area contributed by atoms with Gasteiger partial charge in [0.15, 0.2) is 5.54 Å². The van der Waals surface area contributed by atoms with Crippen molar-refractivity contribution in [2.45, 2.75) is 25.8 Å². The number of nitrogens with zero attached hydrogens (tertiary/aromatic N) is 1. The molecule has 3 aromatic carbocycles. The molecule has 4 nitrogen and oxygen atoms in total. The number of hydrogen-bond donors (Lipinski definition) is 1. The summed E-state index contributed by atoms with van der Waals surface area (Å²) in [7, 11) is 0. The first-order valence-corrected chi connectivity index (χ1v) is 9.82. The average molecular weight is 405 g/mol. The van der Waals surface area contributed by atoms with E-state index in [-0.39, 0.29) is 18.2 Å². The predicted octanol–water partition coefficient (Wildman–Crippen LogP) is 5.23. The lowest BCUT2D eigenvalue weighted by molar-refractivity contribution is -0.137. The molecule has 2 amide bonds. The Bertz CT molecular complexity index is 1080. The third-order valence-electron chi connectivity index (χ3n) is 5.33. The second kappa shape index (κ2) is 7.37. The number of carbonyl (C=O) groups excluding carboxylic acids is 2. The lowest BCUT2D eigenvalue weighted by atomic mass is 9.76. The number of anilines is 2. The molecule has 0 radical (unpaired) electrons. The summed E-state index contributed by atoms with van der Waals surface area (Å²) in [5, 5.41) is 3.43. The number of benzene rings is 3. The summed E-state index contributed by atoms with van der Waals surface area (Å²) in [6.45, 7) is 3.97. The maximum atomic E-state index is 13.6. The topological polar surface area (TPSA) is 49.4 Å². The van der Waals surface area contributed by atoms with Crippen LogP contribution in [0.3, 0.4) is 0 Å². The van der Waals surface area contributed by atoms with Crippen LogP contribution >= 0.6 is 11.6 Å². The normalized spacial score (nSPS) is 18.3. The summed E-state index contributed by atoms with van der Waals surface area (Å²) in [5.41, 5.74) is 2.95. The molecular weight excluding hydrogens is 384 g/mol. The number of halogens is 1. The Hall–Kier alpha value is -3.11. The van der Waals surface area contributed by atoms with Crippen LogP contribution in [0.5, 0.6) is 0 Å². The monoisotopic (exact) mass is 404 g/mol. The molecule has 1 aliphatic heterocycles. The van der Waals surface area contributed by atoms with E-state index < -0.39 is 5.54 Å². The molecular formula is C24H21ClN2O2. The molecule has 5 heteroatoms. The van der Waals surface area contributed by atoms with Gasteiger partial charge in [-0.25, -0.2) is 0 Å². The van der Waals surface area contributed by atoms with Crippen molar-refractivity contribution in [3.05, 3.63) is 94.5 Å². The van der Waals surface area contributed by atoms with Gasteiger partial charge in [-0.15, -0.1) is 0 Å². The Morgan fingerprint density at radius 3 is 2.10 bits per heavy atom. The highest BCUT2D eigenvalue weighted by atomic mass is 35.5. The fourth-order valence-corrected chi connectivity index (χ4v) is 4.04. The molecule has 1 fully saturated rings. The molecule has 0 saturated carbocycles. The summed E-state index contributed by atoms with van der Waals surface area (Å²) in [6, 6.07) is 22.3. The zero-order valence-corrected chi connectivity index (χ0v) is 17.0. The highest BCUT2D eigenvalue weighted by Crippen LogP contribution is 2.47. The number of β-lactam (4-membered cyclic amide) rings is 1. The molecule has 3 aromatic rings. The van der Waals surface area contributed by atoms with Crippen molar-refractivity contribution >= 4 is 34.8 Å². The third kappa shape index (κ3) is 3.30. The zero-order chi connectivity index (χ0) is 20.6. The highest BCUT2D eigenvalue weighted by molar-refractivity contribution is 6.32. The van der Waals surface area contributed by atoms with Crippen molar-refractivity contribution in [2.24, 2.45) is 0 Å². The molecule has 1 unspecified atom stereocenters. The Morgan fingerprint density at radius 1 is 0.931 bits per heavy atom. The van der Waals surface area contributed by atoms with Gasteiger partial charge in [0.25, 0.3) is 5.91 Å². The maximum Gasteiger partial charge on any atom is 0.255 e. The van der Waals surface area contributed by atoms with Gasteiger partial charge < -0.3 is 5.32 Å². The molecule has 0 aromatic heterocycles. The standard InChI is InChI=1S/C24H21ClN2O2/c1-16-7-11-18(12-8-16)26-23(29)24(20-5-3-4-6-21(20)25)15-22(28)27(24)19-13-9-17(2)10-14-19/h3-14H,15H2,1-2H3,(H,26,29). The Balaban J connectivity index is 1.81. The molecule has 1 atom stereocenters. The van der Waals surface area contributed by atoms with Crippen LogP contribution in [0, 0.1) is 13.8 Å². The predicted molar refractivity (Wildman–Crippen MR) is 116 cm³/mol. The van der Waals surface area contributed by atoms with Crippen molar-refractivity contribution in [1.29, 1.82) is 0 Å². The molecule has 146 valence electrons. The molecule has 0 aliphatic carbocycles. The summed E-state index contributed by atoms with van der Waals surface area (Å²) < 4.78 is 0. The smallest absolute Gasteiger partial charge is 0.255 e. The van der Waals surface area contributed by atoms with Gasteiger partial charge in [-0.1, -0.05) is 65.2 Å². The van der Waals surface area contributed by atoms with Crippen LogP contribution in [0.1, 0.15) is 23.1 Å². The number of aryl methyl sites for hydroxylation is 2. The molecule has 1 N–H and O–H groups in total. The van der Waals surface area contributed by atoms with Crippen LogP contribution in [0.4, 0.5) is 11.4 Å². The van der Waals surface area contributed by atoms with E-state index in [4.69, 9.17) is 11.6 Å². The minimum Gasteiger partial charge on any atom is -0.324 e. The van der Waals surface area contributed by atoms with Crippen molar-refractivity contribution in [1.82, 2.24) is 0 Å². The van der Waals surface area contributed by atoms with Crippen molar-refractivity contribution in [3.63, 3.8) is 0 Å². The minimum atomic E-state index is -1.20. The molecule has 29 heavy (non-hydrogen) atoms. The largest absolute Gasteiger partial charge is 0.324 e. The number of hydrogen-bond acceptors (Lipinski definition) is 2. The zero-order valence-electron chi connectivity index (χ0n) is 16.3. The Labute approximate surface area is 175 Å². The van der Waals surface area contributed by atoms with Gasteiger partial charge in [0, 0.05) is 22.0 Å². The van der Waals surface area contributed by atoms with E-state index in [9.17, 15) is 9.59 Å².